The van der Waals surface area contributed by atoms with Crippen LogP contribution in [0.5, 0.6) is 0 Å². The Bertz CT molecular complexity index is 838. The van der Waals surface area contributed by atoms with E-state index in [9.17, 15) is 0 Å². The molecule has 2 heterocycles. The van der Waals surface area contributed by atoms with Crippen molar-refractivity contribution in [1.82, 2.24) is 4.68 Å². The van der Waals surface area contributed by atoms with Crippen molar-refractivity contribution in [3.63, 3.8) is 0 Å². The minimum absolute atomic E-state index is 0.722. The van der Waals surface area contributed by atoms with E-state index in [4.69, 9.17) is 5.26 Å². The van der Waals surface area contributed by atoms with Gasteiger partial charge in [-0.2, -0.15) is 9.94 Å². The molecule has 20 heavy (non-hydrogen) atoms. The van der Waals surface area contributed by atoms with Gasteiger partial charge in [-0.3, -0.25) is 0 Å². The number of nitrogens with zero attached hydrogens (tertiary/aromatic N) is 3. The maximum atomic E-state index is 9.14. The molecule has 3 heteroatoms. The molecule has 0 bridgehead atoms. The molecule has 3 aromatic rings. The summed E-state index contributed by atoms with van der Waals surface area (Å²) >= 11 is 0. The first kappa shape index (κ1) is 11.2. The second-order valence-corrected chi connectivity index (χ2v) is 5.16. The zero-order valence-corrected chi connectivity index (χ0v) is 11.1. The average molecular weight is 260 g/mol. The summed E-state index contributed by atoms with van der Waals surface area (Å²) in [7, 11) is 0. The fourth-order valence-corrected chi connectivity index (χ4v) is 3.15. The zero-order valence-electron chi connectivity index (χ0n) is 11.1. The van der Waals surface area contributed by atoms with Crippen LogP contribution < -0.4 is 4.68 Å². The fourth-order valence-electron chi connectivity index (χ4n) is 3.15. The van der Waals surface area contributed by atoms with E-state index in [1.807, 2.05) is 18.2 Å². The van der Waals surface area contributed by atoms with E-state index in [-0.39, 0.29) is 0 Å². The molecule has 0 radical (unpaired) electrons. The zero-order chi connectivity index (χ0) is 13.5. The lowest BCUT2D eigenvalue weighted by molar-refractivity contribution is -0.745. The van der Waals surface area contributed by atoms with Gasteiger partial charge in [0.2, 0.25) is 5.69 Å². The highest BCUT2D eigenvalue weighted by atomic mass is 15.4. The van der Waals surface area contributed by atoms with Gasteiger partial charge in [0.15, 0.2) is 6.54 Å². The average Bonchev–Trinajstić information content (AvgIpc) is 3.07. The smallest absolute Gasteiger partial charge is 0.192 e. The lowest BCUT2D eigenvalue weighted by atomic mass is 10.1. The SMILES string of the molecule is N#Cc1ccc2c(c1)c(-c1ccccc1)[n+]1n2CCC1. The van der Waals surface area contributed by atoms with Crippen LogP contribution in [-0.2, 0) is 13.1 Å². The van der Waals surface area contributed by atoms with Crippen molar-refractivity contribution >= 4 is 10.9 Å². The summed E-state index contributed by atoms with van der Waals surface area (Å²) < 4.78 is 4.68. The van der Waals surface area contributed by atoms with E-state index >= 15 is 0 Å². The molecule has 0 unspecified atom stereocenters. The topological polar surface area (TPSA) is 32.6 Å². The lowest BCUT2D eigenvalue weighted by Gasteiger charge is -1.96. The van der Waals surface area contributed by atoms with Crippen molar-refractivity contribution in [2.45, 2.75) is 19.5 Å². The van der Waals surface area contributed by atoms with Gasteiger partial charge in [0.25, 0.3) is 0 Å². The molecule has 1 aliphatic rings. The van der Waals surface area contributed by atoms with E-state index in [2.05, 4.69) is 45.8 Å². The molecule has 0 saturated heterocycles. The first-order valence-electron chi connectivity index (χ1n) is 6.90. The van der Waals surface area contributed by atoms with Crippen LogP contribution >= 0.6 is 0 Å². The van der Waals surface area contributed by atoms with Crippen LogP contribution in [-0.4, -0.2) is 4.68 Å². The number of aryl methyl sites for hydroxylation is 1. The van der Waals surface area contributed by atoms with Gasteiger partial charge in [-0.15, -0.1) is 4.68 Å². The van der Waals surface area contributed by atoms with E-state index in [0.717, 1.165) is 18.7 Å². The van der Waals surface area contributed by atoms with E-state index in [1.54, 1.807) is 0 Å². The van der Waals surface area contributed by atoms with Gasteiger partial charge < -0.3 is 0 Å². The van der Waals surface area contributed by atoms with Crippen LogP contribution in [0.3, 0.4) is 0 Å². The van der Waals surface area contributed by atoms with Crippen molar-refractivity contribution in [3.05, 3.63) is 54.1 Å². The molecule has 96 valence electrons. The molecule has 0 aliphatic carbocycles. The number of hydrogen-bond donors (Lipinski definition) is 0. The van der Waals surface area contributed by atoms with Gasteiger partial charge in [-0.1, -0.05) is 18.2 Å². The summed E-state index contributed by atoms with van der Waals surface area (Å²) in [6.07, 6.45) is 1.18. The van der Waals surface area contributed by atoms with Crippen molar-refractivity contribution in [3.8, 4) is 17.3 Å². The monoisotopic (exact) mass is 260 g/mol. The second kappa shape index (κ2) is 4.21. The predicted octanol–water partition coefficient (Wildman–Crippen LogP) is 2.87. The molecule has 3 nitrogen and oxygen atoms in total. The lowest BCUT2D eigenvalue weighted by Crippen LogP contribution is -2.38. The minimum atomic E-state index is 0.722. The number of hydrogen-bond acceptors (Lipinski definition) is 1. The summed E-state index contributed by atoms with van der Waals surface area (Å²) in [4.78, 5) is 0. The van der Waals surface area contributed by atoms with E-state index in [1.165, 1.54) is 28.6 Å². The van der Waals surface area contributed by atoms with Crippen molar-refractivity contribution in [2.75, 3.05) is 0 Å². The molecule has 1 aromatic heterocycles. The van der Waals surface area contributed by atoms with Gasteiger partial charge in [-0.25, -0.2) is 0 Å². The molecule has 0 atom stereocenters. The predicted molar refractivity (Wildman–Crippen MR) is 76.9 cm³/mol. The summed E-state index contributed by atoms with van der Waals surface area (Å²) in [6.45, 7) is 2.09. The van der Waals surface area contributed by atoms with Crippen molar-refractivity contribution in [1.29, 1.82) is 5.26 Å². The van der Waals surface area contributed by atoms with Crippen LogP contribution in [0, 0.1) is 11.3 Å². The minimum Gasteiger partial charge on any atom is -0.192 e. The Kier molecular flexibility index (Phi) is 2.37. The Morgan fingerprint density at radius 2 is 1.95 bits per heavy atom. The van der Waals surface area contributed by atoms with Crippen LogP contribution in [0.15, 0.2) is 48.5 Å². The summed E-state index contributed by atoms with van der Waals surface area (Å²) in [6, 6.07) is 18.7. The largest absolute Gasteiger partial charge is 0.246 e. The fraction of sp³-hybridized carbons (Fsp3) is 0.176. The summed E-state index contributed by atoms with van der Waals surface area (Å²) in [5, 5.41) is 10.3. The standard InChI is InChI=1S/C17H14N3/c18-12-13-7-8-16-15(11-13)17(14-5-2-1-3-6-14)20-10-4-9-19(16)20/h1-3,5-8,11H,4,9-10H2/q+1. The van der Waals surface area contributed by atoms with Crippen molar-refractivity contribution < 1.29 is 4.68 Å². The molecule has 0 saturated carbocycles. The van der Waals surface area contributed by atoms with Gasteiger partial charge in [0, 0.05) is 12.0 Å². The molecule has 0 fully saturated rings. The van der Waals surface area contributed by atoms with Crippen LogP contribution in [0.1, 0.15) is 12.0 Å². The number of nitriles is 1. The second-order valence-electron chi connectivity index (χ2n) is 5.16. The van der Waals surface area contributed by atoms with Crippen LogP contribution in [0.4, 0.5) is 0 Å². The highest BCUT2D eigenvalue weighted by Crippen LogP contribution is 2.29. The Morgan fingerprint density at radius 3 is 2.75 bits per heavy atom. The molecule has 4 rings (SSSR count). The highest BCUT2D eigenvalue weighted by molar-refractivity contribution is 5.92. The van der Waals surface area contributed by atoms with Crippen LogP contribution in [0.25, 0.3) is 22.2 Å². The maximum absolute atomic E-state index is 9.14. The van der Waals surface area contributed by atoms with Gasteiger partial charge in [-0.05, 0) is 30.3 Å². The quantitative estimate of drug-likeness (QED) is 0.619. The first-order valence-corrected chi connectivity index (χ1v) is 6.90. The summed E-state index contributed by atoms with van der Waals surface area (Å²) in [5.74, 6) is 0. The molecule has 0 amide bonds. The molecule has 0 spiro atoms. The molecular weight excluding hydrogens is 246 g/mol. The first-order chi connectivity index (χ1) is 9.88. The number of benzene rings is 2. The Labute approximate surface area is 117 Å². The Hall–Kier alpha value is -2.60. The van der Waals surface area contributed by atoms with Gasteiger partial charge in [0.1, 0.15) is 5.52 Å². The third-order valence-corrected chi connectivity index (χ3v) is 4.00. The van der Waals surface area contributed by atoms with E-state index < -0.39 is 0 Å². The normalized spacial score (nSPS) is 13.3. The molecule has 1 aliphatic heterocycles. The third-order valence-electron chi connectivity index (χ3n) is 4.00. The number of fused-ring (bicyclic) bond motifs is 3. The van der Waals surface area contributed by atoms with Gasteiger partial charge in [0.05, 0.1) is 23.6 Å². The molecular formula is C17H14N3+. The van der Waals surface area contributed by atoms with Gasteiger partial charge >= 0.3 is 0 Å². The highest BCUT2D eigenvalue weighted by Gasteiger charge is 2.29. The Balaban J connectivity index is 2.11. The molecule has 0 N–H and O–H groups in total. The third kappa shape index (κ3) is 1.48. The van der Waals surface area contributed by atoms with E-state index in [0.29, 0.717) is 0 Å². The maximum Gasteiger partial charge on any atom is 0.246 e. The van der Waals surface area contributed by atoms with Crippen molar-refractivity contribution in [2.24, 2.45) is 0 Å². The molecule has 2 aromatic carbocycles. The van der Waals surface area contributed by atoms with Crippen LogP contribution in [0.2, 0.25) is 0 Å². The number of rotatable bonds is 1. The Morgan fingerprint density at radius 1 is 1.10 bits per heavy atom. The number of aromatic nitrogens is 2. The summed E-state index contributed by atoms with van der Waals surface area (Å²) in [5.41, 5.74) is 4.39.